The molecule has 0 bridgehead atoms. The third kappa shape index (κ3) is 7.66. The number of halogens is 2. The van der Waals surface area contributed by atoms with Crippen molar-refractivity contribution in [3.63, 3.8) is 0 Å². The van der Waals surface area contributed by atoms with E-state index in [0.29, 0.717) is 28.5 Å². The van der Waals surface area contributed by atoms with E-state index in [-0.39, 0.29) is 12.5 Å². The van der Waals surface area contributed by atoms with Gasteiger partial charge in [0.2, 0.25) is 0 Å². The highest BCUT2D eigenvalue weighted by atomic mass is 35.5. The molecule has 0 aliphatic rings. The van der Waals surface area contributed by atoms with Crippen LogP contribution >= 0.6 is 23.2 Å². The minimum Gasteiger partial charge on any atom is -0.459 e. The number of hydrogen-bond donors (Lipinski definition) is 1. The summed E-state index contributed by atoms with van der Waals surface area (Å²) in [6.07, 6.45) is 4.03. The summed E-state index contributed by atoms with van der Waals surface area (Å²) in [4.78, 5) is 29.1. The van der Waals surface area contributed by atoms with Crippen LogP contribution in [0.3, 0.4) is 0 Å². The molecule has 0 aliphatic carbocycles. The van der Waals surface area contributed by atoms with Gasteiger partial charge >= 0.3 is 12.1 Å². The summed E-state index contributed by atoms with van der Waals surface area (Å²) in [5.41, 5.74) is 1.76. The lowest BCUT2D eigenvalue weighted by Gasteiger charge is -2.19. The number of esters is 1. The second-order valence-corrected chi connectivity index (χ2v) is 11.2. The first-order chi connectivity index (χ1) is 16.7. The van der Waals surface area contributed by atoms with Crippen molar-refractivity contribution in [3.05, 3.63) is 46.3 Å². The maximum Gasteiger partial charge on any atom is 0.435 e. The molecule has 8 nitrogen and oxygen atoms in total. The molecule has 2 aromatic heterocycles. The molecule has 0 saturated heterocycles. The molecule has 0 spiro atoms. The molecule has 1 N–H and O–H groups in total. The van der Waals surface area contributed by atoms with Crippen LogP contribution in [-0.4, -0.2) is 51.1 Å². The van der Waals surface area contributed by atoms with Gasteiger partial charge in [-0.15, -0.1) is 0 Å². The van der Waals surface area contributed by atoms with E-state index in [1.54, 1.807) is 39.2 Å². The molecule has 0 fully saturated rings. The van der Waals surface area contributed by atoms with Crippen LogP contribution in [0.4, 0.5) is 4.79 Å². The summed E-state index contributed by atoms with van der Waals surface area (Å²) in [6.45, 7) is 11.6. The standard InChI is InChI=1S/C26H32Cl2N4O4/c1-25(2,3)35-21(33)14-29-11-7-8-17-12-19(18-9-10-20(27)22(28)23(18)31-17)16-13-30-32(15-16)24(34)36-26(4,5)6/h9-10,12-13,15,29H,7-8,11,14H2,1-6H3. The first kappa shape index (κ1) is 27.9. The fourth-order valence-corrected chi connectivity index (χ4v) is 3.85. The molecular formula is C26H32Cl2N4O4. The van der Waals surface area contributed by atoms with Gasteiger partial charge in [-0.3, -0.25) is 9.78 Å². The number of aromatic nitrogens is 3. The Morgan fingerprint density at radius 2 is 1.75 bits per heavy atom. The van der Waals surface area contributed by atoms with Crippen molar-refractivity contribution in [2.24, 2.45) is 0 Å². The topological polar surface area (TPSA) is 95.3 Å². The van der Waals surface area contributed by atoms with Gasteiger partial charge in [0.15, 0.2) is 0 Å². The molecule has 0 saturated carbocycles. The van der Waals surface area contributed by atoms with Gasteiger partial charge in [0.25, 0.3) is 0 Å². The molecule has 1 aromatic carbocycles. The third-order valence-corrected chi connectivity index (χ3v) is 5.67. The molecule has 0 aliphatic heterocycles. The molecule has 2 heterocycles. The minimum absolute atomic E-state index is 0.138. The number of nitrogens with zero attached hydrogens (tertiary/aromatic N) is 3. The van der Waals surface area contributed by atoms with Crippen molar-refractivity contribution in [3.8, 4) is 11.1 Å². The Hall–Kier alpha value is -2.68. The number of aryl methyl sites for hydroxylation is 1. The van der Waals surface area contributed by atoms with Crippen LogP contribution in [0.25, 0.3) is 22.0 Å². The molecule has 0 atom stereocenters. The average Bonchev–Trinajstić information content (AvgIpc) is 3.24. The maximum atomic E-state index is 12.4. The van der Waals surface area contributed by atoms with E-state index >= 15 is 0 Å². The Morgan fingerprint density at radius 3 is 2.42 bits per heavy atom. The monoisotopic (exact) mass is 534 g/mol. The number of nitrogens with one attached hydrogen (secondary N) is 1. The summed E-state index contributed by atoms with van der Waals surface area (Å²) in [6, 6.07) is 5.52. The van der Waals surface area contributed by atoms with E-state index in [1.165, 1.54) is 4.68 Å². The predicted molar refractivity (Wildman–Crippen MR) is 142 cm³/mol. The van der Waals surface area contributed by atoms with Crippen molar-refractivity contribution in [2.75, 3.05) is 13.1 Å². The molecule has 36 heavy (non-hydrogen) atoms. The zero-order valence-corrected chi connectivity index (χ0v) is 23.0. The summed E-state index contributed by atoms with van der Waals surface area (Å²) in [5.74, 6) is -0.294. The van der Waals surface area contributed by atoms with Crippen LogP contribution in [0.1, 0.15) is 53.7 Å². The first-order valence-corrected chi connectivity index (χ1v) is 12.5. The average molecular weight is 535 g/mol. The number of rotatable bonds is 7. The summed E-state index contributed by atoms with van der Waals surface area (Å²) in [5, 5.41) is 8.85. The number of ether oxygens (including phenoxy) is 2. The van der Waals surface area contributed by atoms with Gasteiger partial charge in [-0.1, -0.05) is 29.3 Å². The Bertz CT molecular complexity index is 1260. The van der Waals surface area contributed by atoms with Crippen LogP contribution < -0.4 is 5.32 Å². The molecular weight excluding hydrogens is 503 g/mol. The fraction of sp³-hybridized carbons (Fsp3) is 0.462. The quantitative estimate of drug-likeness (QED) is 0.291. The predicted octanol–water partition coefficient (Wildman–Crippen LogP) is 6.05. The minimum atomic E-state index is -0.637. The zero-order chi connectivity index (χ0) is 26.7. The van der Waals surface area contributed by atoms with E-state index in [9.17, 15) is 9.59 Å². The second-order valence-electron chi connectivity index (χ2n) is 10.4. The largest absolute Gasteiger partial charge is 0.459 e. The van der Waals surface area contributed by atoms with Crippen LogP contribution in [0, 0.1) is 0 Å². The number of carbonyl (C=O) groups is 2. The van der Waals surface area contributed by atoms with Crippen molar-refractivity contribution >= 4 is 46.2 Å². The number of benzene rings is 1. The number of fused-ring (bicyclic) bond motifs is 1. The molecule has 3 rings (SSSR count). The third-order valence-electron chi connectivity index (χ3n) is 4.88. The van der Waals surface area contributed by atoms with Gasteiger partial charge in [-0.05, 0) is 78.6 Å². The molecule has 10 heteroatoms. The van der Waals surface area contributed by atoms with Crippen LogP contribution in [-0.2, 0) is 20.7 Å². The molecule has 0 unspecified atom stereocenters. The van der Waals surface area contributed by atoms with Gasteiger partial charge < -0.3 is 14.8 Å². The number of carbonyl (C=O) groups excluding carboxylic acids is 2. The van der Waals surface area contributed by atoms with Crippen LogP contribution in [0.5, 0.6) is 0 Å². The van der Waals surface area contributed by atoms with Gasteiger partial charge in [0.05, 0.1) is 28.3 Å². The Kier molecular flexibility index (Phi) is 8.64. The summed E-state index contributed by atoms with van der Waals surface area (Å²) in [7, 11) is 0. The second kappa shape index (κ2) is 11.2. The molecule has 0 radical (unpaired) electrons. The molecule has 3 aromatic rings. The summed E-state index contributed by atoms with van der Waals surface area (Å²) < 4.78 is 11.9. The van der Waals surface area contributed by atoms with Crippen LogP contribution in [0.2, 0.25) is 10.0 Å². The van der Waals surface area contributed by atoms with Gasteiger partial charge in [0.1, 0.15) is 11.2 Å². The lowest BCUT2D eigenvalue weighted by atomic mass is 10.0. The van der Waals surface area contributed by atoms with E-state index in [0.717, 1.165) is 28.6 Å². The highest BCUT2D eigenvalue weighted by Gasteiger charge is 2.20. The highest BCUT2D eigenvalue weighted by Crippen LogP contribution is 2.36. The van der Waals surface area contributed by atoms with Gasteiger partial charge in [-0.2, -0.15) is 9.78 Å². The molecule has 194 valence electrons. The van der Waals surface area contributed by atoms with E-state index in [1.807, 2.05) is 32.9 Å². The molecule has 0 amide bonds. The van der Waals surface area contributed by atoms with Gasteiger partial charge in [-0.25, -0.2) is 4.79 Å². The first-order valence-electron chi connectivity index (χ1n) is 11.7. The maximum absolute atomic E-state index is 12.4. The Morgan fingerprint density at radius 1 is 1.06 bits per heavy atom. The van der Waals surface area contributed by atoms with Crippen molar-refractivity contribution in [2.45, 2.75) is 65.6 Å². The zero-order valence-electron chi connectivity index (χ0n) is 21.4. The van der Waals surface area contributed by atoms with E-state index in [2.05, 4.69) is 10.4 Å². The van der Waals surface area contributed by atoms with Gasteiger partial charge in [0, 0.05) is 22.8 Å². The Balaban J connectivity index is 1.80. The summed E-state index contributed by atoms with van der Waals surface area (Å²) >= 11 is 12.8. The van der Waals surface area contributed by atoms with Crippen molar-refractivity contribution < 1.29 is 19.1 Å². The Labute approximate surface area is 221 Å². The SMILES string of the molecule is CC(C)(C)OC(=O)CNCCCc1cc(-c2cnn(C(=O)OC(C)(C)C)c2)c2ccc(Cl)c(Cl)c2n1. The normalized spacial score (nSPS) is 12.1. The number of pyridine rings is 1. The van der Waals surface area contributed by atoms with Crippen LogP contribution in [0.15, 0.2) is 30.6 Å². The lowest BCUT2D eigenvalue weighted by molar-refractivity contribution is -0.153. The number of hydrogen-bond acceptors (Lipinski definition) is 7. The highest BCUT2D eigenvalue weighted by molar-refractivity contribution is 6.45. The van der Waals surface area contributed by atoms with Crippen molar-refractivity contribution in [1.82, 2.24) is 20.1 Å². The smallest absolute Gasteiger partial charge is 0.435 e. The van der Waals surface area contributed by atoms with E-state index < -0.39 is 17.3 Å². The fourth-order valence-electron chi connectivity index (χ4n) is 3.49. The van der Waals surface area contributed by atoms with E-state index in [4.69, 9.17) is 37.7 Å². The lowest BCUT2D eigenvalue weighted by Crippen LogP contribution is -2.32. The van der Waals surface area contributed by atoms with Crippen molar-refractivity contribution in [1.29, 1.82) is 0 Å².